The molecule has 0 aliphatic carbocycles. The van der Waals surface area contributed by atoms with Gasteiger partial charge in [0.1, 0.15) is 6.23 Å². The zero-order chi connectivity index (χ0) is 14.2. The molecule has 1 aromatic carbocycles. The summed E-state index contributed by atoms with van der Waals surface area (Å²) in [5.74, 6) is 0.517. The van der Waals surface area contributed by atoms with Crippen molar-refractivity contribution in [1.29, 1.82) is 0 Å². The number of nitrogens with zero attached hydrogens (tertiary/aromatic N) is 1. The predicted octanol–water partition coefficient (Wildman–Crippen LogP) is 4.20. The number of thiazole rings is 1. The fourth-order valence-electron chi connectivity index (χ4n) is 1.70. The van der Waals surface area contributed by atoms with Gasteiger partial charge in [-0.3, -0.25) is 0 Å². The lowest BCUT2D eigenvalue weighted by atomic mass is 9.94. The summed E-state index contributed by atoms with van der Waals surface area (Å²) in [5, 5.41) is 13.9. The number of fused-ring (bicyclic) bond motifs is 1. The van der Waals surface area contributed by atoms with Crippen LogP contribution in [0.2, 0.25) is 0 Å². The summed E-state index contributed by atoms with van der Waals surface area (Å²) in [6.07, 6.45) is -0.599. The number of aliphatic hydroxyl groups is 1. The van der Waals surface area contributed by atoms with E-state index in [4.69, 9.17) is 0 Å². The molecule has 1 aromatic heterocycles. The van der Waals surface area contributed by atoms with Gasteiger partial charge in [0.15, 0.2) is 5.13 Å². The summed E-state index contributed by atoms with van der Waals surface area (Å²) in [7, 11) is 0. The van der Waals surface area contributed by atoms with Gasteiger partial charge in [-0.05, 0) is 23.6 Å². The normalized spacial score (nSPS) is 14.1. The average Bonchev–Trinajstić information content (AvgIpc) is 2.68. The van der Waals surface area contributed by atoms with E-state index in [2.05, 4.69) is 42.3 Å². The van der Waals surface area contributed by atoms with Gasteiger partial charge in [0.25, 0.3) is 0 Å². The smallest absolute Gasteiger partial charge is 0.185 e. The zero-order valence-corrected chi connectivity index (χ0v) is 13.0. The summed E-state index contributed by atoms with van der Waals surface area (Å²) in [6, 6.07) is 6.36. The second-order valence-electron chi connectivity index (χ2n) is 6.31. The molecule has 2 aromatic rings. The standard InChI is InChI=1S/C15H22N2OS/c1-9(2)10-6-7-11-12(8-10)19-14(16-11)17-13(18)15(3,4)5/h6-9,13,18H,1-5H3,(H,16,17). The molecular weight excluding hydrogens is 256 g/mol. The first-order valence-electron chi connectivity index (χ1n) is 6.62. The maximum atomic E-state index is 10.1. The first-order chi connectivity index (χ1) is 8.77. The molecule has 0 aliphatic rings. The Morgan fingerprint density at radius 2 is 1.95 bits per heavy atom. The van der Waals surface area contributed by atoms with E-state index in [-0.39, 0.29) is 5.41 Å². The Morgan fingerprint density at radius 1 is 1.26 bits per heavy atom. The Labute approximate surface area is 118 Å². The highest BCUT2D eigenvalue weighted by Gasteiger charge is 2.22. The number of nitrogens with one attached hydrogen (secondary N) is 1. The lowest BCUT2D eigenvalue weighted by Gasteiger charge is -2.26. The molecule has 0 saturated heterocycles. The summed E-state index contributed by atoms with van der Waals surface area (Å²) in [4.78, 5) is 4.51. The Hall–Kier alpha value is -1.13. The van der Waals surface area contributed by atoms with E-state index in [1.807, 2.05) is 20.8 Å². The molecule has 1 atom stereocenters. The van der Waals surface area contributed by atoms with Crippen LogP contribution in [0.15, 0.2) is 18.2 Å². The first-order valence-corrected chi connectivity index (χ1v) is 7.44. The van der Waals surface area contributed by atoms with Crippen molar-refractivity contribution in [2.45, 2.75) is 46.8 Å². The van der Waals surface area contributed by atoms with E-state index in [9.17, 15) is 5.11 Å². The van der Waals surface area contributed by atoms with Crippen molar-refractivity contribution in [3.63, 3.8) is 0 Å². The van der Waals surface area contributed by atoms with Crippen LogP contribution in [0, 0.1) is 5.41 Å². The summed E-state index contributed by atoms with van der Waals surface area (Å²) < 4.78 is 1.16. The highest BCUT2D eigenvalue weighted by Crippen LogP contribution is 2.30. The number of anilines is 1. The van der Waals surface area contributed by atoms with Crippen LogP contribution in [-0.2, 0) is 0 Å². The first kappa shape index (κ1) is 14.3. The third kappa shape index (κ3) is 3.25. The number of hydrogen-bond acceptors (Lipinski definition) is 4. The van der Waals surface area contributed by atoms with Crippen LogP contribution in [0.25, 0.3) is 10.2 Å². The van der Waals surface area contributed by atoms with Crippen molar-refractivity contribution in [1.82, 2.24) is 4.98 Å². The van der Waals surface area contributed by atoms with Gasteiger partial charge in [-0.1, -0.05) is 52.0 Å². The third-order valence-corrected chi connectivity index (χ3v) is 4.11. The van der Waals surface area contributed by atoms with E-state index >= 15 is 0 Å². The quantitative estimate of drug-likeness (QED) is 0.827. The van der Waals surface area contributed by atoms with Gasteiger partial charge in [-0.15, -0.1) is 0 Å². The van der Waals surface area contributed by atoms with Crippen molar-refractivity contribution in [3.8, 4) is 0 Å². The van der Waals surface area contributed by atoms with Crippen molar-refractivity contribution >= 4 is 26.7 Å². The predicted molar refractivity (Wildman–Crippen MR) is 82.8 cm³/mol. The molecule has 1 unspecified atom stereocenters. The monoisotopic (exact) mass is 278 g/mol. The Morgan fingerprint density at radius 3 is 2.53 bits per heavy atom. The van der Waals surface area contributed by atoms with Crippen LogP contribution in [0.1, 0.15) is 46.1 Å². The molecule has 0 spiro atoms. The van der Waals surface area contributed by atoms with Gasteiger partial charge in [0.05, 0.1) is 10.2 Å². The molecular formula is C15H22N2OS. The van der Waals surface area contributed by atoms with Gasteiger partial charge >= 0.3 is 0 Å². The van der Waals surface area contributed by atoms with E-state index in [0.717, 1.165) is 15.3 Å². The minimum absolute atomic E-state index is 0.207. The molecule has 0 radical (unpaired) electrons. The van der Waals surface area contributed by atoms with Gasteiger partial charge < -0.3 is 10.4 Å². The Balaban J connectivity index is 2.27. The molecule has 0 amide bonds. The van der Waals surface area contributed by atoms with Gasteiger partial charge in [0, 0.05) is 5.41 Å². The van der Waals surface area contributed by atoms with Crippen LogP contribution in [0.5, 0.6) is 0 Å². The Bertz CT molecular complexity index is 569. The van der Waals surface area contributed by atoms with E-state index in [0.29, 0.717) is 5.92 Å². The van der Waals surface area contributed by atoms with Crippen molar-refractivity contribution in [2.24, 2.45) is 5.41 Å². The fraction of sp³-hybridized carbons (Fsp3) is 0.533. The number of benzene rings is 1. The third-order valence-electron chi connectivity index (χ3n) is 3.16. The lowest BCUT2D eigenvalue weighted by Crippen LogP contribution is -2.33. The van der Waals surface area contributed by atoms with Crippen molar-refractivity contribution in [3.05, 3.63) is 23.8 Å². The maximum absolute atomic E-state index is 10.1. The maximum Gasteiger partial charge on any atom is 0.185 e. The highest BCUT2D eigenvalue weighted by atomic mass is 32.1. The lowest BCUT2D eigenvalue weighted by molar-refractivity contribution is 0.0880. The molecule has 0 bridgehead atoms. The number of aliphatic hydroxyl groups excluding tert-OH is 1. The minimum Gasteiger partial charge on any atom is -0.373 e. The van der Waals surface area contributed by atoms with Crippen LogP contribution in [-0.4, -0.2) is 16.3 Å². The van der Waals surface area contributed by atoms with Gasteiger partial charge in [-0.25, -0.2) is 4.98 Å². The molecule has 1 heterocycles. The number of hydrogen-bond donors (Lipinski definition) is 2. The molecule has 4 heteroatoms. The van der Waals surface area contributed by atoms with Gasteiger partial charge in [-0.2, -0.15) is 0 Å². The number of rotatable bonds is 3. The summed E-state index contributed by atoms with van der Waals surface area (Å²) in [5.41, 5.74) is 2.10. The van der Waals surface area contributed by atoms with Crippen molar-refractivity contribution in [2.75, 3.05) is 5.32 Å². The van der Waals surface area contributed by atoms with Gasteiger partial charge in [0.2, 0.25) is 0 Å². The fourth-order valence-corrected chi connectivity index (χ4v) is 2.63. The molecule has 104 valence electrons. The van der Waals surface area contributed by atoms with E-state index in [1.165, 1.54) is 5.56 Å². The van der Waals surface area contributed by atoms with E-state index in [1.54, 1.807) is 11.3 Å². The van der Waals surface area contributed by atoms with Crippen molar-refractivity contribution < 1.29 is 5.11 Å². The van der Waals surface area contributed by atoms with Crippen LogP contribution < -0.4 is 5.32 Å². The van der Waals surface area contributed by atoms with Crippen LogP contribution >= 0.6 is 11.3 Å². The molecule has 0 aliphatic heterocycles. The molecule has 0 fully saturated rings. The zero-order valence-electron chi connectivity index (χ0n) is 12.2. The topological polar surface area (TPSA) is 45.2 Å². The van der Waals surface area contributed by atoms with Crippen LogP contribution in [0.4, 0.5) is 5.13 Å². The summed E-state index contributed by atoms with van der Waals surface area (Å²) >= 11 is 1.59. The largest absolute Gasteiger partial charge is 0.373 e. The second kappa shape index (κ2) is 5.10. The second-order valence-corrected chi connectivity index (χ2v) is 7.34. The molecule has 2 rings (SSSR count). The summed E-state index contributed by atoms with van der Waals surface area (Å²) in [6.45, 7) is 10.4. The highest BCUT2D eigenvalue weighted by molar-refractivity contribution is 7.22. The molecule has 2 N–H and O–H groups in total. The molecule has 3 nitrogen and oxygen atoms in total. The number of aromatic nitrogens is 1. The average molecular weight is 278 g/mol. The van der Waals surface area contributed by atoms with E-state index < -0.39 is 6.23 Å². The minimum atomic E-state index is -0.599. The SMILES string of the molecule is CC(C)c1ccc2nc(NC(O)C(C)(C)C)sc2c1. The molecule has 0 saturated carbocycles. The molecule has 19 heavy (non-hydrogen) atoms. The Kier molecular flexibility index (Phi) is 3.83. The van der Waals surface area contributed by atoms with Crippen LogP contribution in [0.3, 0.4) is 0 Å².